The van der Waals surface area contributed by atoms with Crippen LogP contribution in [0.3, 0.4) is 0 Å². The van der Waals surface area contributed by atoms with E-state index in [0.717, 1.165) is 16.9 Å². The van der Waals surface area contributed by atoms with Crippen molar-refractivity contribution in [2.45, 2.75) is 6.61 Å². The van der Waals surface area contributed by atoms with Crippen molar-refractivity contribution in [3.8, 4) is 11.5 Å². The lowest BCUT2D eigenvalue weighted by atomic mass is 10.1. The largest absolute Gasteiger partial charge is 0.497 e. The summed E-state index contributed by atoms with van der Waals surface area (Å²) in [6, 6.07) is 28.9. The molecule has 0 aliphatic heterocycles. The second kappa shape index (κ2) is 9.59. The number of carbonyl (C=O) groups excluding carboxylic acids is 1. The van der Waals surface area contributed by atoms with Gasteiger partial charge in [0.15, 0.2) is 0 Å². The van der Waals surface area contributed by atoms with Gasteiger partial charge in [0.1, 0.15) is 18.1 Å². The van der Waals surface area contributed by atoms with Gasteiger partial charge in [-0.1, -0.05) is 60.7 Å². The molecule has 1 N–H and O–H groups in total. The average molecular weight is 410 g/mol. The van der Waals surface area contributed by atoms with Crippen molar-refractivity contribution in [3.63, 3.8) is 0 Å². The van der Waals surface area contributed by atoms with Crippen molar-refractivity contribution >= 4 is 22.9 Å². The molecule has 0 radical (unpaired) electrons. The minimum absolute atomic E-state index is 0.307. The first-order valence-corrected chi connectivity index (χ1v) is 9.90. The Morgan fingerprint density at radius 3 is 2.58 bits per heavy atom. The highest BCUT2D eigenvalue weighted by molar-refractivity contribution is 5.95. The van der Waals surface area contributed by atoms with Gasteiger partial charge in [-0.05, 0) is 52.2 Å². The van der Waals surface area contributed by atoms with Gasteiger partial charge in [-0.2, -0.15) is 5.10 Å². The summed E-state index contributed by atoms with van der Waals surface area (Å²) in [5, 5.41) is 6.43. The lowest BCUT2D eigenvalue weighted by Crippen LogP contribution is -2.17. The van der Waals surface area contributed by atoms with Crippen LogP contribution in [0.5, 0.6) is 11.5 Å². The van der Waals surface area contributed by atoms with Gasteiger partial charge in [-0.25, -0.2) is 5.43 Å². The minimum Gasteiger partial charge on any atom is -0.497 e. The van der Waals surface area contributed by atoms with Crippen molar-refractivity contribution in [1.82, 2.24) is 5.43 Å². The summed E-state index contributed by atoms with van der Waals surface area (Å²) < 4.78 is 11.1. The Balaban J connectivity index is 1.39. The SMILES string of the molecule is COc1cccc(C(=O)N/N=C\c2cccc(OCc3cccc4ccccc34)c2)c1. The van der Waals surface area contributed by atoms with E-state index in [0.29, 0.717) is 17.9 Å². The summed E-state index contributed by atoms with van der Waals surface area (Å²) in [6.45, 7) is 0.467. The number of nitrogens with zero attached hydrogens (tertiary/aromatic N) is 1. The maximum absolute atomic E-state index is 12.2. The van der Waals surface area contributed by atoms with Gasteiger partial charge in [0.25, 0.3) is 5.91 Å². The molecule has 154 valence electrons. The number of benzene rings is 4. The average Bonchev–Trinajstić information content (AvgIpc) is 2.83. The van der Waals surface area contributed by atoms with Gasteiger partial charge < -0.3 is 9.47 Å². The molecule has 0 saturated heterocycles. The summed E-state index contributed by atoms with van der Waals surface area (Å²) >= 11 is 0. The fraction of sp³-hybridized carbons (Fsp3) is 0.0769. The van der Waals surface area contributed by atoms with E-state index in [1.165, 1.54) is 10.8 Å². The predicted molar refractivity (Wildman–Crippen MR) is 123 cm³/mol. The number of hydrogen-bond donors (Lipinski definition) is 1. The summed E-state index contributed by atoms with van der Waals surface area (Å²) in [5.74, 6) is 1.04. The summed E-state index contributed by atoms with van der Waals surface area (Å²) in [6.07, 6.45) is 1.59. The molecule has 0 atom stereocenters. The number of ether oxygens (including phenoxy) is 2. The van der Waals surface area contributed by atoms with E-state index in [1.807, 2.05) is 42.5 Å². The Hall–Kier alpha value is -4.12. The molecule has 0 fully saturated rings. The number of fused-ring (bicyclic) bond motifs is 1. The number of hydrogen-bond acceptors (Lipinski definition) is 4. The normalized spacial score (nSPS) is 10.9. The van der Waals surface area contributed by atoms with Crippen molar-refractivity contribution in [2.24, 2.45) is 5.10 Å². The Kier molecular flexibility index (Phi) is 6.24. The van der Waals surface area contributed by atoms with Crippen LogP contribution in [-0.2, 0) is 6.61 Å². The Morgan fingerprint density at radius 1 is 0.903 bits per heavy atom. The van der Waals surface area contributed by atoms with Crippen molar-refractivity contribution in [3.05, 3.63) is 108 Å². The van der Waals surface area contributed by atoms with E-state index in [1.54, 1.807) is 37.6 Å². The highest BCUT2D eigenvalue weighted by Gasteiger charge is 2.05. The fourth-order valence-corrected chi connectivity index (χ4v) is 3.26. The molecule has 4 rings (SSSR count). The topological polar surface area (TPSA) is 59.9 Å². The molecule has 0 aliphatic carbocycles. The van der Waals surface area contributed by atoms with Gasteiger partial charge in [0.05, 0.1) is 13.3 Å². The molecule has 4 aromatic rings. The number of amides is 1. The van der Waals surface area contributed by atoms with Gasteiger partial charge in [-0.15, -0.1) is 0 Å². The first-order valence-electron chi connectivity index (χ1n) is 9.90. The standard InChI is InChI=1S/C26H22N2O3/c1-30-23-12-6-10-21(16-23)26(29)28-27-17-19-7-4-13-24(15-19)31-18-22-11-5-9-20-8-2-3-14-25(20)22/h2-17H,18H2,1H3,(H,28,29)/b27-17-. The molecule has 5 heteroatoms. The van der Waals surface area contributed by atoms with Gasteiger partial charge in [0, 0.05) is 5.56 Å². The number of methoxy groups -OCH3 is 1. The summed E-state index contributed by atoms with van der Waals surface area (Å²) in [5.41, 5.74) is 4.95. The van der Waals surface area contributed by atoms with E-state index >= 15 is 0 Å². The molecule has 0 heterocycles. The molecule has 0 bridgehead atoms. The lowest BCUT2D eigenvalue weighted by molar-refractivity contribution is 0.0955. The van der Waals surface area contributed by atoms with E-state index in [9.17, 15) is 4.79 Å². The van der Waals surface area contributed by atoms with Crippen LogP contribution >= 0.6 is 0 Å². The maximum Gasteiger partial charge on any atom is 0.271 e. The zero-order chi connectivity index (χ0) is 21.5. The third-order valence-corrected chi connectivity index (χ3v) is 4.84. The van der Waals surface area contributed by atoms with E-state index in [4.69, 9.17) is 9.47 Å². The first-order chi connectivity index (χ1) is 15.2. The third kappa shape index (κ3) is 5.08. The molecule has 0 aliphatic rings. The number of nitrogens with one attached hydrogen (secondary N) is 1. The molecule has 0 unspecified atom stereocenters. The second-order valence-corrected chi connectivity index (χ2v) is 6.93. The molecule has 0 saturated carbocycles. The minimum atomic E-state index is -0.307. The van der Waals surface area contributed by atoms with Crippen LogP contribution in [0, 0.1) is 0 Å². The van der Waals surface area contributed by atoms with E-state index < -0.39 is 0 Å². The second-order valence-electron chi connectivity index (χ2n) is 6.93. The number of hydrazone groups is 1. The van der Waals surface area contributed by atoms with Gasteiger partial charge in [0.2, 0.25) is 0 Å². The highest BCUT2D eigenvalue weighted by atomic mass is 16.5. The fourth-order valence-electron chi connectivity index (χ4n) is 3.26. The zero-order valence-electron chi connectivity index (χ0n) is 17.1. The quantitative estimate of drug-likeness (QED) is 0.337. The van der Waals surface area contributed by atoms with Crippen molar-refractivity contribution in [1.29, 1.82) is 0 Å². The number of rotatable bonds is 7. The molecule has 0 aromatic heterocycles. The van der Waals surface area contributed by atoms with Crippen LogP contribution < -0.4 is 14.9 Å². The summed E-state index contributed by atoms with van der Waals surface area (Å²) in [4.78, 5) is 12.2. The lowest BCUT2D eigenvalue weighted by Gasteiger charge is -2.09. The predicted octanol–water partition coefficient (Wildman–Crippen LogP) is 5.19. The smallest absolute Gasteiger partial charge is 0.271 e. The van der Waals surface area contributed by atoms with E-state index in [-0.39, 0.29) is 5.91 Å². The van der Waals surface area contributed by atoms with Crippen LogP contribution in [0.25, 0.3) is 10.8 Å². The van der Waals surface area contributed by atoms with Crippen LogP contribution in [0.2, 0.25) is 0 Å². The Morgan fingerprint density at radius 2 is 1.68 bits per heavy atom. The van der Waals surface area contributed by atoms with Crippen molar-refractivity contribution in [2.75, 3.05) is 7.11 Å². The molecule has 31 heavy (non-hydrogen) atoms. The van der Waals surface area contributed by atoms with Gasteiger partial charge in [-0.3, -0.25) is 4.79 Å². The molecule has 4 aromatic carbocycles. The van der Waals surface area contributed by atoms with E-state index in [2.05, 4.69) is 34.8 Å². The molecular formula is C26H22N2O3. The monoisotopic (exact) mass is 410 g/mol. The van der Waals surface area contributed by atoms with Crippen LogP contribution in [0.4, 0.5) is 0 Å². The third-order valence-electron chi connectivity index (χ3n) is 4.84. The van der Waals surface area contributed by atoms with Crippen LogP contribution in [-0.4, -0.2) is 19.2 Å². The number of carbonyl (C=O) groups is 1. The zero-order valence-corrected chi connectivity index (χ0v) is 17.1. The Bertz CT molecular complexity index is 1230. The molecule has 5 nitrogen and oxygen atoms in total. The molecular weight excluding hydrogens is 388 g/mol. The van der Waals surface area contributed by atoms with Crippen LogP contribution in [0.1, 0.15) is 21.5 Å². The van der Waals surface area contributed by atoms with Crippen molar-refractivity contribution < 1.29 is 14.3 Å². The highest BCUT2D eigenvalue weighted by Crippen LogP contribution is 2.21. The van der Waals surface area contributed by atoms with Crippen LogP contribution in [0.15, 0.2) is 96.1 Å². The maximum atomic E-state index is 12.2. The Labute approximate surface area is 180 Å². The first kappa shape index (κ1) is 20.2. The van der Waals surface area contributed by atoms with Gasteiger partial charge >= 0.3 is 0 Å². The molecule has 0 spiro atoms. The summed E-state index contributed by atoms with van der Waals surface area (Å²) in [7, 11) is 1.56. The molecule has 1 amide bonds.